The maximum atomic E-state index is 13.4. The maximum Gasteiger partial charge on any atom is 0.264 e. The molecule has 0 unspecified atom stereocenters. The SMILES string of the molecule is CCOc1ccc(N(CC(=O)N/N=C(/C)c2ccc(Cl)cc2)S(=O)(=O)c2ccc(Cl)cc2)cc1. The van der Waals surface area contributed by atoms with E-state index in [1.54, 1.807) is 55.5 Å². The van der Waals surface area contributed by atoms with Gasteiger partial charge in [0.25, 0.3) is 15.9 Å². The molecule has 7 nitrogen and oxygen atoms in total. The Kier molecular flexibility index (Phi) is 8.55. The zero-order valence-corrected chi connectivity index (χ0v) is 20.9. The number of ether oxygens (including phenoxy) is 1. The summed E-state index contributed by atoms with van der Waals surface area (Å²) in [6, 6.07) is 19.1. The number of benzene rings is 3. The van der Waals surface area contributed by atoms with Crippen LogP contribution in [-0.4, -0.2) is 33.2 Å². The summed E-state index contributed by atoms with van der Waals surface area (Å²) in [6.45, 7) is 3.55. The Morgan fingerprint density at radius 1 is 0.941 bits per heavy atom. The normalized spacial score (nSPS) is 11.7. The van der Waals surface area contributed by atoms with Gasteiger partial charge >= 0.3 is 0 Å². The van der Waals surface area contributed by atoms with Crippen molar-refractivity contribution in [3.63, 3.8) is 0 Å². The van der Waals surface area contributed by atoms with E-state index < -0.39 is 22.5 Å². The maximum absolute atomic E-state index is 13.4. The Balaban J connectivity index is 1.87. The van der Waals surface area contributed by atoms with Gasteiger partial charge in [0.15, 0.2) is 0 Å². The van der Waals surface area contributed by atoms with Crippen molar-refractivity contribution in [1.29, 1.82) is 0 Å². The summed E-state index contributed by atoms with van der Waals surface area (Å²) in [6.07, 6.45) is 0. The summed E-state index contributed by atoms with van der Waals surface area (Å²) in [5.41, 5.74) is 4.03. The minimum absolute atomic E-state index is 0.000527. The van der Waals surface area contributed by atoms with Gasteiger partial charge in [0.1, 0.15) is 12.3 Å². The first-order chi connectivity index (χ1) is 16.2. The highest BCUT2D eigenvalue weighted by Gasteiger charge is 2.27. The van der Waals surface area contributed by atoms with E-state index in [9.17, 15) is 13.2 Å². The lowest BCUT2D eigenvalue weighted by atomic mass is 10.1. The highest BCUT2D eigenvalue weighted by Crippen LogP contribution is 2.26. The van der Waals surface area contributed by atoms with Crippen LogP contribution in [0.5, 0.6) is 5.75 Å². The van der Waals surface area contributed by atoms with Gasteiger partial charge in [-0.15, -0.1) is 0 Å². The van der Waals surface area contributed by atoms with Crippen LogP contribution in [0.15, 0.2) is 82.8 Å². The molecule has 0 aliphatic heterocycles. The first-order valence-corrected chi connectivity index (χ1v) is 12.5. The highest BCUT2D eigenvalue weighted by molar-refractivity contribution is 7.92. The van der Waals surface area contributed by atoms with Crippen LogP contribution in [0.3, 0.4) is 0 Å². The van der Waals surface area contributed by atoms with Gasteiger partial charge in [0.2, 0.25) is 0 Å². The standard InChI is InChI=1S/C24H23Cl2N3O4S/c1-3-33-22-12-10-21(11-13-22)29(34(31,32)23-14-8-20(26)9-15-23)16-24(30)28-27-17(2)18-4-6-19(25)7-5-18/h4-15H,3,16H2,1-2H3,(H,28,30)/b27-17-. The zero-order chi connectivity index (χ0) is 24.7. The lowest BCUT2D eigenvalue weighted by Gasteiger charge is -2.24. The summed E-state index contributed by atoms with van der Waals surface area (Å²) in [7, 11) is -4.08. The van der Waals surface area contributed by atoms with Gasteiger partial charge in [-0.1, -0.05) is 35.3 Å². The molecule has 0 heterocycles. The predicted octanol–water partition coefficient (Wildman–Crippen LogP) is 5.13. The number of carbonyl (C=O) groups excluding carboxylic acids is 1. The van der Waals surface area contributed by atoms with E-state index in [1.807, 2.05) is 6.92 Å². The Labute approximate surface area is 209 Å². The van der Waals surface area contributed by atoms with E-state index in [1.165, 1.54) is 24.3 Å². The average Bonchev–Trinajstić information content (AvgIpc) is 2.82. The molecule has 1 amide bonds. The number of nitrogens with one attached hydrogen (secondary N) is 1. The molecule has 0 fully saturated rings. The molecule has 0 spiro atoms. The number of amides is 1. The third-order valence-corrected chi connectivity index (χ3v) is 7.03. The molecule has 10 heteroatoms. The molecule has 34 heavy (non-hydrogen) atoms. The van der Waals surface area contributed by atoms with E-state index in [2.05, 4.69) is 10.5 Å². The monoisotopic (exact) mass is 519 g/mol. The molecule has 0 saturated heterocycles. The average molecular weight is 520 g/mol. The Bertz CT molecular complexity index is 1260. The molecule has 0 atom stereocenters. The van der Waals surface area contributed by atoms with Crippen LogP contribution >= 0.6 is 23.2 Å². The first kappa shape index (κ1) is 25.6. The van der Waals surface area contributed by atoms with E-state index in [0.29, 0.717) is 33.8 Å². The van der Waals surface area contributed by atoms with Crippen molar-refractivity contribution >= 4 is 50.5 Å². The van der Waals surface area contributed by atoms with Crippen molar-refractivity contribution in [1.82, 2.24) is 5.43 Å². The highest BCUT2D eigenvalue weighted by atomic mass is 35.5. The largest absolute Gasteiger partial charge is 0.494 e. The molecule has 3 aromatic carbocycles. The van der Waals surface area contributed by atoms with Gasteiger partial charge in [-0.05, 0) is 80.1 Å². The Morgan fingerprint density at radius 3 is 2.06 bits per heavy atom. The number of halogens is 2. The minimum atomic E-state index is -4.08. The van der Waals surface area contributed by atoms with E-state index in [0.717, 1.165) is 9.87 Å². The third kappa shape index (κ3) is 6.50. The second kappa shape index (κ2) is 11.4. The van der Waals surface area contributed by atoms with Crippen molar-refractivity contribution in [3.8, 4) is 5.75 Å². The fourth-order valence-corrected chi connectivity index (χ4v) is 4.66. The van der Waals surface area contributed by atoms with E-state index in [-0.39, 0.29) is 4.90 Å². The number of anilines is 1. The number of carbonyl (C=O) groups is 1. The molecule has 0 aliphatic carbocycles. The fourth-order valence-electron chi connectivity index (χ4n) is 2.99. The lowest BCUT2D eigenvalue weighted by Crippen LogP contribution is -2.39. The van der Waals surface area contributed by atoms with Crippen molar-refractivity contribution in [2.75, 3.05) is 17.5 Å². The Hall–Kier alpha value is -3.07. The van der Waals surface area contributed by atoms with Crippen LogP contribution < -0.4 is 14.5 Å². The number of hydrogen-bond acceptors (Lipinski definition) is 5. The minimum Gasteiger partial charge on any atom is -0.494 e. The van der Waals surface area contributed by atoms with Crippen molar-refractivity contribution in [2.45, 2.75) is 18.7 Å². The molecule has 0 aliphatic rings. The van der Waals surface area contributed by atoms with Crippen LogP contribution in [0, 0.1) is 0 Å². The number of nitrogens with zero attached hydrogens (tertiary/aromatic N) is 2. The van der Waals surface area contributed by atoms with Gasteiger partial charge in [-0.2, -0.15) is 5.10 Å². The summed E-state index contributed by atoms with van der Waals surface area (Å²) >= 11 is 11.8. The summed E-state index contributed by atoms with van der Waals surface area (Å²) in [4.78, 5) is 12.7. The van der Waals surface area contributed by atoms with Crippen LogP contribution in [0.4, 0.5) is 5.69 Å². The van der Waals surface area contributed by atoms with Gasteiger partial charge in [0, 0.05) is 10.0 Å². The Morgan fingerprint density at radius 2 is 1.50 bits per heavy atom. The van der Waals surface area contributed by atoms with Gasteiger partial charge < -0.3 is 4.74 Å². The molecule has 178 valence electrons. The number of sulfonamides is 1. The number of hydrazone groups is 1. The molecular formula is C24H23Cl2N3O4S. The van der Waals surface area contributed by atoms with Crippen molar-refractivity contribution in [3.05, 3.63) is 88.4 Å². The topological polar surface area (TPSA) is 88.1 Å². The summed E-state index contributed by atoms with van der Waals surface area (Å²) in [5.74, 6) is -0.0255. The summed E-state index contributed by atoms with van der Waals surface area (Å²) in [5, 5.41) is 5.07. The molecule has 0 radical (unpaired) electrons. The van der Waals surface area contributed by atoms with Gasteiger partial charge in [-0.3, -0.25) is 9.10 Å². The smallest absolute Gasteiger partial charge is 0.264 e. The molecule has 3 rings (SSSR count). The molecule has 3 aromatic rings. The quantitative estimate of drug-likeness (QED) is 0.313. The van der Waals surface area contributed by atoms with Crippen LogP contribution in [0.1, 0.15) is 19.4 Å². The fraction of sp³-hybridized carbons (Fsp3) is 0.167. The van der Waals surface area contributed by atoms with Gasteiger partial charge in [-0.25, -0.2) is 13.8 Å². The zero-order valence-electron chi connectivity index (χ0n) is 18.5. The molecule has 0 bridgehead atoms. The second-order valence-electron chi connectivity index (χ2n) is 7.13. The summed E-state index contributed by atoms with van der Waals surface area (Å²) < 4.78 is 33.2. The van der Waals surface area contributed by atoms with Crippen LogP contribution in [0.2, 0.25) is 10.0 Å². The molecule has 0 aromatic heterocycles. The van der Waals surface area contributed by atoms with Crippen LogP contribution in [-0.2, 0) is 14.8 Å². The predicted molar refractivity (Wildman–Crippen MR) is 135 cm³/mol. The molecule has 0 saturated carbocycles. The second-order valence-corrected chi connectivity index (χ2v) is 9.87. The van der Waals surface area contributed by atoms with Crippen molar-refractivity contribution in [2.24, 2.45) is 5.10 Å². The molecule has 1 N–H and O–H groups in total. The van der Waals surface area contributed by atoms with Crippen molar-refractivity contribution < 1.29 is 17.9 Å². The number of hydrogen-bond donors (Lipinski definition) is 1. The van der Waals surface area contributed by atoms with Gasteiger partial charge in [0.05, 0.1) is 22.9 Å². The van der Waals surface area contributed by atoms with E-state index >= 15 is 0 Å². The van der Waals surface area contributed by atoms with Crippen LogP contribution in [0.25, 0.3) is 0 Å². The van der Waals surface area contributed by atoms with E-state index in [4.69, 9.17) is 27.9 Å². The lowest BCUT2D eigenvalue weighted by molar-refractivity contribution is -0.119. The number of rotatable bonds is 9. The molecular weight excluding hydrogens is 497 g/mol. The third-order valence-electron chi connectivity index (χ3n) is 4.73. The first-order valence-electron chi connectivity index (χ1n) is 10.3.